The Hall–Kier alpha value is -1.34. The van der Waals surface area contributed by atoms with Gasteiger partial charge in [0.05, 0.1) is 25.4 Å². The lowest BCUT2D eigenvalue weighted by Crippen LogP contribution is -2.45. The van der Waals surface area contributed by atoms with Gasteiger partial charge in [0.1, 0.15) is 12.4 Å². The minimum absolute atomic E-state index is 0.0253. The molecular formula is C18H26ClNO5. The highest BCUT2D eigenvalue weighted by Gasteiger charge is 2.34. The third kappa shape index (κ3) is 5.85. The number of amides is 1. The lowest BCUT2D eigenvalue weighted by Gasteiger charge is -2.34. The van der Waals surface area contributed by atoms with Crippen molar-refractivity contribution in [1.29, 1.82) is 0 Å². The fourth-order valence-electron chi connectivity index (χ4n) is 3.11. The van der Waals surface area contributed by atoms with Crippen molar-refractivity contribution in [3.05, 3.63) is 29.3 Å². The summed E-state index contributed by atoms with van der Waals surface area (Å²) in [6, 6.07) is 7.02. The molecule has 7 heteroatoms. The number of carbonyl (C=O) groups excluding carboxylic acids is 1. The summed E-state index contributed by atoms with van der Waals surface area (Å²) >= 11 is 5.83. The molecule has 3 atom stereocenters. The lowest BCUT2D eigenvalue weighted by molar-refractivity contribution is -0.141. The number of halogens is 1. The maximum Gasteiger partial charge on any atom is 0.225 e. The minimum atomic E-state index is -0.520. The summed E-state index contributed by atoms with van der Waals surface area (Å²) in [5, 5.41) is 19.8. The number of methoxy groups -OCH3 is 1. The molecule has 0 aromatic heterocycles. The van der Waals surface area contributed by atoms with Crippen LogP contribution >= 0.6 is 11.6 Å². The van der Waals surface area contributed by atoms with E-state index in [1.807, 2.05) is 0 Å². The van der Waals surface area contributed by atoms with Gasteiger partial charge in [0.25, 0.3) is 0 Å². The number of aliphatic hydroxyl groups excluding tert-OH is 2. The van der Waals surface area contributed by atoms with Crippen molar-refractivity contribution in [2.24, 2.45) is 5.92 Å². The largest absolute Gasteiger partial charge is 0.492 e. The normalized spacial score (nSPS) is 23.3. The van der Waals surface area contributed by atoms with Crippen molar-refractivity contribution in [3.63, 3.8) is 0 Å². The second-order valence-corrected chi connectivity index (χ2v) is 6.64. The van der Waals surface area contributed by atoms with E-state index in [9.17, 15) is 15.0 Å². The minimum Gasteiger partial charge on any atom is -0.492 e. The average molecular weight is 372 g/mol. The van der Waals surface area contributed by atoms with Crippen molar-refractivity contribution in [3.8, 4) is 5.75 Å². The van der Waals surface area contributed by atoms with Crippen LogP contribution in [0.15, 0.2) is 24.3 Å². The number of ether oxygens (including phenoxy) is 2. The molecule has 0 bridgehead atoms. The van der Waals surface area contributed by atoms with Gasteiger partial charge in [-0.25, -0.2) is 0 Å². The fourth-order valence-corrected chi connectivity index (χ4v) is 3.23. The van der Waals surface area contributed by atoms with E-state index in [4.69, 9.17) is 21.1 Å². The molecule has 1 aromatic rings. The van der Waals surface area contributed by atoms with Crippen LogP contribution in [-0.2, 0) is 9.53 Å². The van der Waals surface area contributed by atoms with Gasteiger partial charge < -0.3 is 24.6 Å². The predicted octanol–water partition coefficient (Wildman–Crippen LogP) is 1.72. The first-order valence-corrected chi connectivity index (χ1v) is 8.91. The number of hydrogen-bond acceptors (Lipinski definition) is 5. The number of aliphatic hydroxyl groups is 2. The average Bonchev–Trinajstić information content (AvgIpc) is 2.62. The highest BCUT2D eigenvalue weighted by Crippen LogP contribution is 2.28. The fraction of sp³-hybridized carbons (Fsp3) is 0.611. The molecule has 1 amide bonds. The molecule has 2 rings (SSSR count). The maximum absolute atomic E-state index is 12.7. The van der Waals surface area contributed by atoms with Crippen LogP contribution in [0.1, 0.15) is 19.3 Å². The Balaban J connectivity index is 1.88. The first-order valence-electron chi connectivity index (χ1n) is 8.54. The molecule has 1 aliphatic carbocycles. The third-order valence-corrected chi connectivity index (χ3v) is 4.79. The molecule has 0 saturated heterocycles. The molecule has 6 nitrogen and oxygen atoms in total. The first kappa shape index (κ1) is 20.0. The van der Waals surface area contributed by atoms with Gasteiger partial charge in [0.15, 0.2) is 0 Å². The number of carbonyl (C=O) groups is 1. The molecule has 2 N–H and O–H groups in total. The van der Waals surface area contributed by atoms with Gasteiger partial charge >= 0.3 is 0 Å². The van der Waals surface area contributed by atoms with E-state index >= 15 is 0 Å². The third-order valence-electron chi connectivity index (χ3n) is 4.53. The smallest absolute Gasteiger partial charge is 0.225 e. The summed E-state index contributed by atoms with van der Waals surface area (Å²) in [5.41, 5.74) is 0. The Labute approximate surface area is 153 Å². The number of rotatable bonds is 8. The summed E-state index contributed by atoms with van der Waals surface area (Å²) in [6.07, 6.45) is 0.831. The standard InChI is InChI=1S/C18H26ClNO5/c1-24-17-12-13(2-7-16(17)22)18(23)20(8-10-21)9-11-25-15-5-3-14(19)4-6-15/h3-6,13,16-17,21-22H,2,7-12H2,1H3/t13-,16+,17-/m1/s1. The summed E-state index contributed by atoms with van der Waals surface area (Å²) < 4.78 is 10.9. The van der Waals surface area contributed by atoms with Crippen molar-refractivity contribution < 1.29 is 24.5 Å². The molecule has 25 heavy (non-hydrogen) atoms. The van der Waals surface area contributed by atoms with Crippen LogP contribution in [0.4, 0.5) is 0 Å². The van der Waals surface area contributed by atoms with Crippen LogP contribution < -0.4 is 4.74 Å². The van der Waals surface area contributed by atoms with E-state index < -0.39 is 6.10 Å². The van der Waals surface area contributed by atoms with Crippen LogP contribution in [0.2, 0.25) is 5.02 Å². The quantitative estimate of drug-likeness (QED) is 0.727. The van der Waals surface area contributed by atoms with Crippen molar-refractivity contribution >= 4 is 17.5 Å². The van der Waals surface area contributed by atoms with E-state index in [1.165, 1.54) is 0 Å². The van der Waals surface area contributed by atoms with E-state index in [0.29, 0.717) is 43.2 Å². The van der Waals surface area contributed by atoms with E-state index in [1.54, 1.807) is 36.3 Å². The second-order valence-electron chi connectivity index (χ2n) is 6.20. The van der Waals surface area contributed by atoms with Crippen LogP contribution in [0.5, 0.6) is 5.75 Å². The Morgan fingerprint density at radius 2 is 2.00 bits per heavy atom. The molecule has 0 spiro atoms. The zero-order valence-electron chi connectivity index (χ0n) is 14.4. The molecule has 0 aliphatic heterocycles. The monoisotopic (exact) mass is 371 g/mol. The lowest BCUT2D eigenvalue weighted by atomic mass is 9.84. The van der Waals surface area contributed by atoms with Crippen LogP contribution in [0.3, 0.4) is 0 Å². The second kappa shape index (κ2) is 9.97. The summed E-state index contributed by atoms with van der Waals surface area (Å²) in [5.74, 6) is 0.458. The molecule has 0 radical (unpaired) electrons. The molecule has 0 unspecified atom stereocenters. The molecule has 1 fully saturated rings. The molecule has 1 aromatic carbocycles. The zero-order valence-corrected chi connectivity index (χ0v) is 15.2. The van der Waals surface area contributed by atoms with E-state index in [-0.39, 0.29) is 31.1 Å². The van der Waals surface area contributed by atoms with Crippen LogP contribution in [-0.4, -0.2) is 66.6 Å². The van der Waals surface area contributed by atoms with Gasteiger partial charge in [0.2, 0.25) is 5.91 Å². The van der Waals surface area contributed by atoms with Crippen LogP contribution in [0, 0.1) is 5.92 Å². The Morgan fingerprint density at radius 1 is 1.28 bits per heavy atom. The molecule has 0 heterocycles. The van der Waals surface area contributed by atoms with E-state index in [0.717, 1.165) is 0 Å². The SMILES string of the molecule is CO[C@@H]1C[C@H](C(=O)N(CCO)CCOc2ccc(Cl)cc2)CC[C@@H]1O. The van der Waals surface area contributed by atoms with Crippen LogP contribution in [0.25, 0.3) is 0 Å². The van der Waals surface area contributed by atoms with Gasteiger partial charge in [-0.15, -0.1) is 0 Å². The van der Waals surface area contributed by atoms with Crippen molar-refractivity contribution in [2.75, 3.05) is 33.4 Å². The van der Waals surface area contributed by atoms with Gasteiger partial charge in [-0.2, -0.15) is 0 Å². The maximum atomic E-state index is 12.7. The van der Waals surface area contributed by atoms with Crippen molar-refractivity contribution in [1.82, 2.24) is 4.90 Å². The molecule has 1 saturated carbocycles. The molecule has 1 aliphatic rings. The predicted molar refractivity (Wildman–Crippen MR) is 94.8 cm³/mol. The Morgan fingerprint density at radius 3 is 2.64 bits per heavy atom. The summed E-state index contributed by atoms with van der Waals surface area (Å²) in [7, 11) is 1.55. The first-order chi connectivity index (χ1) is 12.0. The number of hydrogen-bond donors (Lipinski definition) is 2. The highest BCUT2D eigenvalue weighted by atomic mass is 35.5. The van der Waals surface area contributed by atoms with Crippen molar-refractivity contribution in [2.45, 2.75) is 31.5 Å². The number of nitrogens with zero attached hydrogens (tertiary/aromatic N) is 1. The molecule has 140 valence electrons. The van der Waals surface area contributed by atoms with Gasteiger partial charge in [0, 0.05) is 24.6 Å². The Kier molecular flexibility index (Phi) is 7.96. The van der Waals surface area contributed by atoms with Gasteiger partial charge in [-0.05, 0) is 43.5 Å². The van der Waals surface area contributed by atoms with Gasteiger partial charge in [-0.1, -0.05) is 11.6 Å². The zero-order chi connectivity index (χ0) is 18.2. The topological polar surface area (TPSA) is 79.2 Å². The van der Waals surface area contributed by atoms with E-state index in [2.05, 4.69) is 0 Å². The molecular weight excluding hydrogens is 346 g/mol. The van der Waals surface area contributed by atoms with Gasteiger partial charge in [-0.3, -0.25) is 4.79 Å². The highest BCUT2D eigenvalue weighted by molar-refractivity contribution is 6.30. The number of benzene rings is 1. The summed E-state index contributed by atoms with van der Waals surface area (Å²) in [4.78, 5) is 14.4. The summed E-state index contributed by atoms with van der Waals surface area (Å²) in [6.45, 7) is 0.879. The Bertz CT molecular complexity index is 539.